The second-order valence-corrected chi connectivity index (χ2v) is 4.42. The van der Waals surface area contributed by atoms with Crippen LogP contribution in [0.3, 0.4) is 0 Å². The fourth-order valence-electron chi connectivity index (χ4n) is 0.917. The van der Waals surface area contributed by atoms with E-state index in [2.05, 4.69) is 0 Å². The highest BCUT2D eigenvalue weighted by Crippen LogP contribution is 2.22. The number of nitrogens with two attached hydrogens (primary N) is 1. The van der Waals surface area contributed by atoms with Crippen molar-refractivity contribution in [2.45, 2.75) is 11.8 Å². The fraction of sp³-hybridized carbons (Fsp3) is 0.333. The molecule has 14 heavy (non-hydrogen) atoms. The largest absolute Gasteiger partial charge is 0.399 e. The lowest BCUT2D eigenvalue weighted by molar-refractivity contribution is 0.196. The predicted molar refractivity (Wildman–Crippen MR) is 58.8 cm³/mol. The van der Waals surface area contributed by atoms with Crippen molar-refractivity contribution in [1.29, 1.82) is 0 Å². The van der Waals surface area contributed by atoms with Crippen LogP contribution in [0.15, 0.2) is 23.1 Å². The standard InChI is InChI=1S/C9H12ClNO2S/c1-2-13-6-14(12)9-5-7(11)3-4-8(9)10/h3-5H,2,6,11H2,1H3. The minimum Gasteiger partial charge on any atom is -0.399 e. The van der Waals surface area contributed by atoms with Crippen LogP contribution in [0.25, 0.3) is 0 Å². The molecule has 0 saturated heterocycles. The highest BCUT2D eigenvalue weighted by Gasteiger charge is 2.08. The van der Waals surface area contributed by atoms with Gasteiger partial charge in [-0.15, -0.1) is 0 Å². The first-order chi connectivity index (χ1) is 6.65. The molecule has 5 heteroatoms. The molecule has 1 aromatic carbocycles. The molecule has 0 aromatic heterocycles. The summed E-state index contributed by atoms with van der Waals surface area (Å²) in [6, 6.07) is 4.91. The Morgan fingerprint density at radius 3 is 2.93 bits per heavy atom. The van der Waals surface area contributed by atoms with E-state index in [-0.39, 0.29) is 5.94 Å². The summed E-state index contributed by atoms with van der Waals surface area (Å²) in [5.41, 5.74) is 6.11. The molecular weight excluding hydrogens is 222 g/mol. The monoisotopic (exact) mass is 233 g/mol. The molecule has 0 amide bonds. The molecule has 0 bridgehead atoms. The number of rotatable bonds is 4. The van der Waals surface area contributed by atoms with E-state index >= 15 is 0 Å². The lowest BCUT2D eigenvalue weighted by atomic mass is 10.3. The van der Waals surface area contributed by atoms with Crippen LogP contribution >= 0.6 is 11.6 Å². The van der Waals surface area contributed by atoms with Crippen LogP contribution in [0.1, 0.15) is 6.92 Å². The molecule has 2 N–H and O–H groups in total. The Kier molecular flexibility index (Phi) is 4.38. The van der Waals surface area contributed by atoms with Crippen molar-refractivity contribution >= 4 is 28.1 Å². The Balaban J connectivity index is 2.83. The maximum Gasteiger partial charge on any atom is 0.126 e. The SMILES string of the molecule is CCOCS(=O)c1cc(N)ccc1Cl. The molecule has 0 aliphatic rings. The number of hydrogen-bond acceptors (Lipinski definition) is 3. The molecule has 0 fully saturated rings. The predicted octanol–water partition coefficient (Wildman–Crippen LogP) is 2.02. The number of hydrogen-bond donors (Lipinski definition) is 1. The first-order valence-corrected chi connectivity index (χ1v) is 5.86. The minimum atomic E-state index is -1.24. The number of halogens is 1. The topological polar surface area (TPSA) is 52.3 Å². The zero-order valence-electron chi connectivity index (χ0n) is 7.83. The number of ether oxygens (including phenoxy) is 1. The van der Waals surface area contributed by atoms with E-state index in [4.69, 9.17) is 22.1 Å². The van der Waals surface area contributed by atoms with Crippen LogP contribution in [-0.4, -0.2) is 16.8 Å². The summed E-state index contributed by atoms with van der Waals surface area (Å²) in [6.07, 6.45) is 0. The van der Waals surface area contributed by atoms with Crippen LogP contribution in [0, 0.1) is 0 Å². The van der Waals surface area contributed by atoms with Crippen LogP contribution in [0.5, 0.6) is 0 Å². The molecule has 78 valence electrons. The van der Waals surface area contributed by atoms with Gasteiger partial charge >= 0.3 is 0 Å². The molecule has 0 heterocycles. The highest BCUT2D eigenvalue weighted by atomic mass is 35.5. The molecule has 0 aliphatic heterocycles. The van der Waals surface area contributed by atoms with Gasteiger partial charge in [0, 0.05) is 12.3 Å². The van der Waals surface area contributed by atoms with E-state index in [1.54, 1.807) is 18.2 Å². The van der Waals surface area contributed by atoms with Gasteiger partial charge in [-0.25, -0.2) is 0 Å². The van der Waals surface area contributed by atoms with Crippen molar-refractivity contribution < 1.29 is 8.95 Å². The molecule has 0 radical (unpaired) electrons. The zero-order valence-corrected chi connectivity index (χ0v) is 9.40. The summed E-state index contributed by atoms with van der Waals surface area (Å²) in [4.78, 5) is 0.528. The number of nitrogen functional groups attached to an aromatic ring is 1. The molecule has 1 unspecified atom stereocenters. The number of benzene rings is 1. The smallest absolute Gasteiger partial charge is 0.126 e. The molecule has 1 aromatic rings. The van der Waals surface area contributed by atoms with E-state index in [0.29, 0.717) is 22.2 Å². The third kappa shape index (κ3) is 2.97. The normalized spacial score (nSPS) is 12.7. The van der Waals surface area contributed by atoms with Crippen LogP contribution < -0.4 is 5.73 Å². The molecule has 3 nitrogen and oxygen atoms in total. The Labute approximate surface area is 90.7 Å². The second kappa shape index (κ2) is 5.34. The first kappa shape index (κ1) is 11.5. The third-order valence-electron chi connectivity index (χ3n) is 1.60. The molecule has 0 saturated carbocycles. The third-order valence-corrected chi connectivity index (χ3v) is 3.25. The lowest BCUT2D eigenvalue weighted by Crippen LogP contribution is -2.03. The summed E-state index contributed by atoms with van der Waals surface area (Å²) in [6.45, 7) is 2.38. The molecule has 0 spiro atoms. The van der Waals surface area contributed by atoms with Crippen molar-refractivity contribution in [2.24, 2.45) is 0 Å². The average molecular weight is 234 g/mol. The fourth-order valence-corrected chi connectivity index (χ4v) is 2.29. The van der Waals surface area contributed by atoms with E-state index in [9.17, 15) is 4.21 Å². The van der Waals surface area contributed by atoms with Crippen LogP contribution in [-0.2, 0) is 15.5 Å². The van der Waals surface area contributed by atoms with Gasteiger partial charge in [0.2, 0.25) is 0 Å². The van der Waals surface area contributed by atoms with Crippen molar-refractivity contribution in [2.75, 3.05) is 18.3 Å². The molecule has 1 atom stereocenters. The Bertz CT molecular complexity index is 344. The van der Waals surface area contributed by atoms with Crippen LogP contribution in [0.4, 0.5) is 5.69 Å². The van der Waals surface area contributed by atoms with Crippen molar-refractivity contribution in [3.05, 3.63) is 23.2 Å². The molecule has 0 aliphatic carbocycles. The average Bonchev–Trinajstić information content (AvgIpc) is 2.18. The van der Waals surface area contributed by atoms with E-state index < -0.39 is 10.8 Å². The summed E-state index contributed by atoms with van der Waals surface area (Å²) in [5, 5.41) is 0.456. The van der Waals surface area contributed by atoms with Crippen molar-refractivity contribution in [3.63, 3.8) is 0 Å². The maximum atomic E-state index is 11.6. The zero-order chi connectivity index (χ0) is 10.6. The molecular formula is C9H12ClNO2S. The summed E-state index contributed by atoms with van der Waals surface area (Å²) in [5.74, 6) is 0.152. The lowest BCUT2D eigenvalue weighted by Gasteiger charge is -2.05. The van der Waals surface area contributed by atoms with Crippen molar-refractivity contribution in [3.8, 4) is 0 Å². The summed E-state index contributed by atoms with van der Waals surface area (Å²) in [7, 11) is -1.24. The Morgan fingerprint density at radius 2 is 2.29 bits per heavy atom. The van der Waals surface area contributed by atoms with Gasteiger partial charge in [0.1, 0.15) is 5.94 Å². The van der Waals surface area contributed by atoms with E-state index in [1.807, 2.05) is 6.92 Å². The van der Waals surface area contributed by atoms with Gasteiger partial charge in [-0.05, 0) is 25.1 Å². The molecule has 1 rings (SSSR count). The Morgan fingerprint density at radius 1 is 1.57 bits per heavy atom. The highest BCUT2D eigenvalue weighted by molar-refractivity contribution is 7.85. The van der Waals surface area contributed by atoms with Gasteiger partial charge in [0.15, 0.2) is 0 Å². The Hall–Kier alpha value is -0.580. The quantitative estimate of drug-likeness (QED) is 0.810. The summed E-state index contributed by atoms with van der Waals surface area (Å²) < 4.78 is 16.7. The van der Waals surface area contributed by atoms with Gasteiger partial charge in [-0.3, -0.25) is 4.21 Å². The second-order valence-electron chi connectivity index (χ2n) is 2.65. The van der Waals surface area contributed by atoms with Gasteiger partial charge < -0.3 is 10.5 Å². The van der Waals surface area contributed by atoms with Crippen molar-refractivity contribution in [1.82, 2.24) is 0 Å². The van der Waals surface area contributed by atoms with Gasteiger partial charge in [-0.2, -0.15) is 0 Å². The first-order valence-electron chi connectivity index (χ1n) is 4.16. The summed E-state index contributed by atoms with van der Waals surface area (Å²) >= 11 is 5.87. The van der Waals surface area contributed by atoms with Crippen LogP contribution in [0.2, 0.25) is 5.02 Å². The van der Waals surface area contributed by atoms with Gasteiger partial charge in [0.25, 0.3) is 0 Å². The van der Waals surface area contributed by atoms with Gasteiger partial charge in [0.05, 0.1) is 20.7 Å². The number of anilines is 1. The van der Waals surface area contributed by atoms with E-state index in [0.717, 1.165) is 0 Å². The van der Waals surface area contributed by atoms with E-state index in [1.165, 1.54) is 0 Å². The minimum absolute atomic E-state index is 0.152. The van der Waals surface area contributed by atoms with Gasteiger partial charge in [-0.1, -0.05) is 11.6 Å². The maximum absolute atomic E-state index is 11.6.